The van der Waals surface area contributed by atoms with Crippen molar-refractivity contribution in [2.45, 2.75) is 11.8 Å². The number of hydrogen-bond donors (Lipinski definition) is 1. The van der Waals surface area contributed by atoms with Gasteiger partial charge in [-0.15, -0.1) is 11.8 Å². The highest BCUT2D eigenvalue weighted by Gasteiger charge is 2.18. The molecule has 0 saturated heterocycles. The maximum Gasteiger partial charge on any atom is 0.316 e. The third-order valence-electron chi connectivity index (χ3n) is 3.41. The first-order valence-electron chi connectivity index (χ1n) is 7.99. The monoisotopic (exact) mass is 375 g/mol. The Hall–Kier alpha value is -2.67. The first-order valence-corrected chi connectivity index (χ1v) is 8.98. The Morgan fingerprint density at radius 1 is 1.04 bits per heavy atom. The number of amides is 1. The molecule has 0 aliphatic carbocycles. The molecule has 7 heteroatoms. The van der Waals surface area contributed by atoms with Crippen molar-refractivity contribution in [2.24, 2.45) is 0 Å². The molecule has 1 N–H and O–H groups in total. The van der Waals surface area contributed by atoms with Crippen molar-refractivity contribution in [3.8, 4) is 11.5 Å². The van der Waals surface area contributed by atoms with Gasteiger partial charge >= 0.3 is 5.97 Å². The van der Waals surface area contributed by atoms with Gasteiger partial charge in [0.05, 0.1) is 26.6 Å². The minimum absolute atomic E-state index is 0.214. The van der Waals surface area contributed by atoms with Crippen LogP contribution in [0.2, 0.25) is 0 Å². The molecule has 0 aliphatic rings. The van der Waals surface area contributed by atoms with Crippen molar-refractivity contribution in [1.29, 1.82) is 0 Å². The molecule has 0 atom stereocenters. The Labute approximate surface area is 156 Å². The second-order valence-electron chi connectivity index (χ2n) is 5.11. The van der Waals surface area contributed by atoms with Crippen LogP contribution in [0.4, 0.5) is 5.69 Å². The van der Waals surface area contributed by atoms with Crippen LogP contribution in [0.1, 0.15) is 17.3 Å². The maximum atomic E-state index is 12.7. The van der Waals surface area contributed by atoms with Crippen molar-refractivity contribution >= 4 is 29.3 Å². The summed E-state index contributed by atoms with van der Waals surface area (Å²) in [5, 5.41) is 2.83. The van der Waals surface area contributed by atoms with Crippen LogP contribution in [-0.4, -0.2) is 38.5 Å². The quantitative estimate of drug-likeness (QED) is 0.561. The molecule has 6 nitrogen and oxygen atoms in total. The summed E-state index contributed by atoms with van der Waals surface area (Å²) in [6.45, 7) is 2.13. The number of benzene rings is 2. The van der Waals surface area contributed by atoms with Crippen LogP contribution in [0.25, 0.3) is 0 Å². The Morgan fingerprint density at radius 3 is 2.31 bits per heavy atom. The van der Waals surface area contributed by atoms with E-state index in [-0.39, 0.29) is 17.6 Å². The van der Waals surface area contributed by atoms with Crippen LogP contribution in [-0.2, 0) is 9.53 Å². The smallest absolute Gasteiger partial charge is 0.316 e. The molecule has 0 unspecified atom stereocenters. The molecule has 2 aromatic carbocycles. The Bertz CT molecular complexity index is 756. The number of rotatable bonds is 8. The summed E-state index contributed by atoms with van der Waals surface area (Å²) in [5.74, 6) is 0.452. The molecule has 0 fully saturated rings. The number of anilines is 1. The van der Waals surface area contributed by atoms with E-state index in [9.17, 15) is 9.59 Å². The van der Waals surface area contributed by atoms with E-state index in [1.54, 1.807) is 37.3 Å². The number of nitrogens with one attached hydrogen (secondary N) is 1. The fraction of sp³-hybridized carbons (Fsp3) is 0.263. The lowest BCUT2D eigenvalue weighted by Gasteiger charge is -2.13. The Kier molecular flexibility index (Phi) is 7.35. The molecule has 0 radical (unpaired) electrons. The molecule has 0 aromatic heterocycles. The van der Waals surface area contributed by atoms with Gasteiger partial charge in [0.2, 0.25) is 0 Å². The molecular formula is C19H21NO5S. The van der Waals surface area contributed by atoms with E-state index >= 15 is 0 Å². The van der Waals surface area contributed by atoms with E-state index in [0.29, 0.717) is 29.4 Å². The molecule has 0 spiro atoms. The summed E-state index contributed by atoms with van der Waals surface area (Å²) in [4.78, 5) is 25.0. The van der Waals surface area contributed by atoms with E-state index in [1.165, 1.54) is 26.0 Å². The summed E-state index contributed by atoms with van der Waals surface area (Å²) >= 11 is 1.35. The van der Waals surface area contributed by atoms with Gasteiger partial charge in [-0.25, -0.2) is 0 Å². The molecule has 0 saturated carbocycles. The predicted molar refractivity (Wildman–Crippen MR) is 101 cm³/mol. The van der Waals surface area contributed by atoms with Gasteiger partial charge in [-0.1, -0.05) is 12.1 Å². The molecule has 2 rings (SSSR count). The van der Waals surface area contributed by atoms with Crippen molar-refractivity contribution in [2.75, 3.05) is 31.9 Å². The molecule has 2 aromatic rings. The third kappa shape index (κ3) is 5.16. The van der Waals surface area contributed by atoms with E-state index < -0.39 is 0 Å². The predicted octanol–water partition coefficient (Wildman–Crippen LogP) is 3.61. The molecule has 26 heavy (non-hydrogen) atoms. The number of carbonyl (C=O) groups excluding carboxylic acids is 2. The van der Waals surface area contributed by atoms with Crippen LogP contribution in [0.5, 0.6) is 11.5 Å². The van der Waals surface area contributed by atoms with Crippen LogP contribution >= 0.6 is 11.8 Å². The molecular weight excluding hydrogens is 354 g/mol. The van der Waals surface area contributed by atoms with Gasteiger partial charge in [0.25, 0.3) is 5.91 Å². The van der Waals surface area contributed by atoms with Crippen LogP contribution in [0, 0.1) is 0 Å². The fourth-order valence-electron chi connectivity index (χ4n) is 2.28. The fourth-order valence-corrected chi connectivity index (χ4v) is 3.03. The number of thioether (sulfide) groups is 1. The van der Waals surface area contributed by atoms with Crippen molar-refractivity contribution < 1.29 is 23.8 Å². The van der Waals surface area contributed by atoms with Crippen LogP contribution in [0.3, 0.4) is 0 Å². The summed E-state index contributed by atoms with van der Waals surface area (Å²) in [7, 11) is 3.00. The zero-order chi connectivity index (χ0) is 18.9. The highest BCUT2D eigenvalue weighted by atomic mass is 32.2. The minimum atomic E-state index is -0.341. The second kappa shape index (κ2) is 9.72. The standard InChI is InChI=1S/C19H21NO5S/c1-4-25-17(21)12-26-14-8-5-7-13(11-14)20-19(22)18-15(23-2)9-6-10-16(18)24-3/h5-11H,4,12H2,1-3H3,(H,20,22). The number of carbonyl (C=O) groups is 2. The van der Waals surface area contributed by atoms with Crippen molar-refractivity contribution in [1.82, 2.24) is 0 Å². The summed E-state index contributed by atoms with van der Waals surface area (Å²) < 4.78 is 15.4. The van der Waals surface area contributed by atoms with Gasteiger partial charge in [0.1, 0.15) is 17.1 Å². The average Bonchev–Trinajstić information content (AvgIpc) is 2.66. The molecule has 138 valence electrons. The molecule has 0 aliphatic heterocycles. The topological polar surface area (TPSA) is 73.9 Å². The first-order chi connectivity index (χ1) is 12.6. The third-order valence-corrected chi connectivity index (χ3v) is 4.38. The van der Waals surface area contributed by atoms with E-state index in [2.05, 4.69) is 5.32 Å². The molecule has 0 heterocycles. The zero-order valence-corrected chi connectivity index (χ0v) is 15.7. The second-order valence-corrected chi connectivity index (χ2v) is 6.16. The number of ether oxygens (including phenoxy) is 3. The SMILES string of the molecule is CCOC(=O)CSc1cccc(NC(=O)c2c(OC)cccc2OC)c1. The van der Waals surface area contributed by atoms with Gasteiger partial charge in [-0.3, -0.25) is 9.59 Å². The number of hydrogen-bond acceptors (Lipinski definition) is 6. The normalized spacial score (nSPS) is 10.1. The molecule has 1 amide bonds. The van der Waals surface area contributed by atoms with Crippen LogP contribution < -0.4 is 14.8 Å². The molecule has 0 bridgehead atoms. The largest absolute Gasteiger partial charge is 0.496 e. The zero-order valence-electron chi connectivity index (χ0n) is 14.9. The lowest BCUT2D eigenvalue weighted by molar-refractivity contribution is -0.139. The average molecular weight is 375 g/mol. The first kappa shape index (κ1) is 19.7. The van der Waals surface area contributed by atoms with Gasteiger partial charge in [0, 0.05) is 10.6 Å². The Balaban J connectivity index is 2.13. The van der Waals surface area contributed by atoms with E-state index in [1.807, 2.05) is 12.1 Å². The lowest BCUT2D eigenvalue weighted by atomic mass is 10.1. The highest BCUT2D eigenvalue weighted by Crippen LogP contribution is 2.29. The van der Waals surface area contributed by atoms with Gasteiger partial charge in [-0.05, 0) is 37.3 Å². The van der Waals surface area contributed by atoms with Gasteiger partial charge < -0.3 is 19.5 Å². The lowest BCUT2D eigenvalue weighted by Crippen LogP contribution is -2.14. The summed E-state index contributed by atoms with van der Waals surface area (Å²) in [6.07, 6.45) is 0. The summed E-state index contributed by atoms with van der Waals surface area (Å²) in [5.41, 5.74) is 0.930. The minimum Gasteiger partial charge on any atom is -0.496 e. The van der Waals surface area contributed by atoms with Crippen molar-refractivity contribution in [3.63, 3.8) is 0 Å². The Morgan fingerprint density at radius 2 is 1.69 bits per heavy atom. The van der Waals surface area contributed by atoms with Crippen molar-refractivity contribution in [3.05, 3.63) is 48.0 Å². The highest BCUT2D eigenvalue weighted by molar-refractivity contribution is 8.00. The maximum absolute atomic E-state index is 12.7. The van der Waals surface area contributed by atoms with Gasteiger partial charge in [0.15, 0.2) is 0 Å². The van der Waals surface area contributed by atoms with E-state index in [0.717, 1.165) is 4.90 Å². The number of esters is 1. The summed E-state index contributed by atoms with van der Waals surface area (Å²) in [6, 6.07) is 12.4. The number of methoxy groups -OCH3 is 2. The van der Waals surface area contributed by atoms with E-state index in [4.69, 9.17) is 14.2 Å². The van der Waals surface area contributed by atoms with Crippen LogP contribution in [0.15, 0.2) is 47.4 Å². The van der Waals surface area contributed by atoms with Gasteiger partial charge in [-0.2, -0.15) is 0 Å².